The van der Waals surface area contributed by atoms with E-state index in [-0.39, 0.29) is 37.0 Å². The number of aliphatic hydroxyl groups is 1. The first-order valence-corrected chi connectivity index (χ1v) is 12.6. The summed E-state index contributed by atoms with van der Waals surface area (Å²) >= 11 is 0. The van der Waals surface area contributed by atoms with Gasteiger partial charge in [0.2, 0.25) is 11.8 Å². The van der Waals surface area contributed by atoms with Crippen LogP contribution in [0.5, 0.6) is 0 Å². The lowest BCUT2D eigenvalue weighted by atomic mass is 9.74. The van der Waals surface area contributed by atoms with Crippen LogP contribution in [0.25, 0.3) is 0 Å². The van der Waals surface area contributed by atoms with E-state index in [0.29, 0.717) is 13.0 Å². The lowest BCUT2D eigenvalue weighted by molar-refractivity contribution is -0.163. The summed E-state index contributed by atoms with van der Waals surface area (Å²) in [6.45, 7) is 10.1. The van der Waals surface area contributed by atoms with Gasteiger partial charge in [-0.25, -0.2) is 0 Å². The number of likely N-dealkylation sites (tertiary alicyclic amines) is 1. The Labute approximate surface area is 201 Å². The third-order valence-electron chi connectivity index (χ3n) is 8.04. The largest absolute Gasteiger partial charge is 0.465 e. The molecule has 7 atom stereocenters. The summed E-state index contributed by atoms with van der Waals surface area (Å²) in [6, 6.07) is -1.56. The number of fused-ring (bicyclic) bond motifs is 2. The number of amides is 2. The number of cyclic esters (lactones) is 1. The van der Waals surface area contributed by atoms with Crippen molar-refractivity contribution in [3.8, 4) is 0 Å². The quantitative estimate of drug-likeness (QED) is 0.468. The van der Waals surface area contributed by atoms with Gasteiger partial charge in [-0.15, -0.1) is 0 Å². The Kier molecular flexibility index (Phi) is 6.68. The van der Waals surface area contributed by atoms with E-state index in [1.54, 1.807) is 11.8 Å². The summed E-state index contributed by atoms with van der Waals surface area (Å²) in [4.78, 5) is 44.9. The van der Waals surface area contributed by atoms with Crippen LogP contribution in [0.4, 0.5) is 0 Å². The summed E-state index contributed by atoms with van der Waals surface area (Å²) in [5.41, 5.74) is -2.40. The van der Waals surface area contributed by atoms with Crippen molar-refractivity contribution in [2.45, 2.75) is 83.2 Å². The summed E-state index contributed by atoms with van der Waals surface area (Å²) in [5, 5.41) is 10.3. The lowest BCUT2D eigenvalue weighted by Gasteiger charge is -2.42. The maximum Gasteiger partial charge on any atom is 0.313 e. The number of nitrogens with zero attached hydrogens (tertiary/aromatic N) is 2. The number of esters is 1. The fraction of sp³-hybridized carbons (Fsp3) is 0.731. The maximum absolute atomic E-state index is 14.2. The van der Waals surface area contributed by atoms with Gasteiger partial charge in [0, 0.05) is 12.6 Å². The number of rotatable bonds is 6. The average molecular weight is 475 g/mol. The van der Waals surface area contributed by atoms with Crippen molar-refractivity contribution >= 4 is 17.8 Å². The van der Waals surface area contributed by atoms with Crippen LogP contribution in [0.1, 0.15) is 53.9 Å². The molecule has 8 heteroatoms. The topological polar surface area (TPSA) is 96.4 Å². The zero-order chi connectivity index (χ0) is 24.8. The molecule has 0 aromatic heterocycles. The third kappa shape index (κ3) is 3.61. The predicted octanol–water partition coefficient (Wildman–Crippen LogP) is 2.06. The number of hydrogen-bond acceptors (Lipinski definition) is 6. The second-order valence-corrected chi connectivity index (χ2v) is 10.6. The summed E-state index contributed by atoms with van der Waals surface area (Å²) < 4.78 is 12.2. The molecule has 0 aliphatic carbocycles. The smallest absolute Gasteiger partial charge is 0.313 e. The molecular formula is C26H38N2O6. The fourth-order valence-corrected chi connectivity index (χ4v) is 6.39. The Hall–Kier alpha value is -2.19. The van der Waals surface area contributed by atoms with Crippen LogP contribution in [0.15, 0.2) is 24.3 Å². The van der Waals surface area contributed by atoms with Crippen LogP contribution in [0, 0.1) is 17.8 Å². The number of ether oxygens (including phenoxy) is 2. The first-order chi connectivity index (χ1) is 16.1. The molecule has 0 aromatic carbocycles. The number of carbonyl (C=O) groups excluding carboxylic acids is 3. The molecule has 188 valence electrons. The summed E-state index contributed by atoms with van der Waals surface area (Å²) in [5.74, 6) is -2.90. The zero-order valence-corrected chi connectivity index (χ0v) is 20.9. The Bertz CT molecular complexity index is 900. The lowest BCUT2D eigenvalue weighted by Crippen LogP contribution is -2.60. The first kappa shape index (κ1) is 24.9. The Morgan fingerprint density at radius 2 is 1.85 bits per heavy atom. The van der Waals surface area contributed by atoms with E-state index in [0.717, 1.165) is 12.8 Å². The van der Waals surface area contributed by atoms with Crippen LogP contribution in [0.3, 0.4) is 0 Å². The van der Waals surface area contributed by atoms with Gasteiger partial charge in [-0.05, 0) is 32.6 Å². The zero-order valence-electron chi connectivity index (χ0n) is 20.9. The minimum Gasteiger partial charge on any atom is -0.465 e. The van der Waals surface area contributed by atoms with Crippen LogP contribution in [-0.2, 0) is 23.9 Å². The van der Waals surface area contributed by atoms with E-state index in [2.05, 4.69) is 6.92 Å². The van der Waals surface area contributed by atoms with Gasteiger partial charge >= 0.3 is 5.97 Å². The SMILES string of the molecule is CCCC(C)N1CC=C[C@]23O[C@@]4(C)C=CCCOC(=O)[C@H]4[C@H]2C(=O)N([C@@H](CO)C(C)C)C3C1=O. The van der Waals surface area contributed by atoms with Crippen molar-refractivity contribution in [3.63, 3.8) is 0 Å². The van der Waals surface area contributed by atoms with Crippen LogP contribution in [0.2, 0.25) is 0 Å². The van der Waals surface area contributed by atoms with Crippen molar-refractivity contribution < 1.29 is 29.0 Å². The maximum atomic E-state index is 14.2. The highest BCUT2D eigenvalue weighted by atomic mass is 16.6. The minimum absolute atomic E-state index is 0.0181. The second-order valence-electron chi connectivity index (χ2n) is 10.6. The highest BCUT2D eigenvalue weighted by molar-refractivity contribution is 5.99. The molecule has 2 fully saturated rings. The van der Waals surface area contributed by atoms with Gasteiger partial charge in [-0.1, -0.05) is 51.5 Å². The molecule has 2 amide bonds. The van der Waals surface area contributed by atoms with Crippen molar-refractivity contribution in [1.82, 2.24) is 9.80 Å². The first-order valence-electron chi connectivity index (χ1n) is 12.6. The van der Waals surface area contributed by atoms with E-state index in [1.165, 1.54) is 4.90 Å². The Morgan fingerprint density at radius 3 is 2.50 bits per heavy atom. The molecule has 2 unspecified atom stereocenters. The molecule has 34 heavy (non-hydrogen) atoms. The molecule has 0 saturated carbocycles. The highest BCUT2D eigenvalue weighted by Gasteiger charge is 2.75. The molecule has 4 heterocycles. The molecule has 4 aliphatic heterocycles. The highest BCUT2D eigenvalue weighted by Crippen LogP contribution is 2.57. The van der Waals surface area contributed by atoms with Gasteiger partial charge < -0.3 is 24.4 Å². The summed E-state index contributed by atoms with van der Waals surface area (Å²) in [6.07, 6.45) is 9.82. The molecule has 1 N–H and O–H groups in total. The van der Waals surface area contributed by atoms with E-state index in [4.69, 9.17) is 9.47 Å². The van der Waals surface area contributed by atoms with Crippen LogP contribution >= 0.6 is 0 Å². The standard InChI is InChI=1S/C26H38N2O6/c1-6-10-17(4)27-13-9-12-26-19(20-24(32)33-14-8-7-11-25(20,5)34-26)22(30)28(21(26)23(27)31)18(15-29)16(2)3/h7,9,11-12,16-21,29H,6,8,10,13-15H2,1-5H3/t17?,18-,19-,20+,21?,25-,26-/m0/s1. The number of carbonyl (C=O) groups is 3. The number of aliphatic hydroxyl groups excluding tert-OH is 1. The minimum atomic E-state index is -1.32. The molecule has 2 saturated heterocycles. The van der Waals surface area contributed by atoms with E-state index >= 15 is 0 Å². The van der Waals surface area contributed by atoms with E-state index in [1.807, 2.05) is 45.1 Å². The van der Waals surface area contributed by atoms with Gasteiger partial charge in [0.1, 0.15) is 17.6 Å². The number of hydrogen-bond donors (Lipinski definition) is 1. The molecule has 8 nitrogen and oxygen atoms in total. The Balaban J connectivity index is 1.90. The molecular weight excluding hydrogens is 436 g/mol. The van der Waals surface area contributed by atoms with Crippen LogP contribution in [-0.4, -0.2) is 81.8 Å². The monoisotopic (exact) mass is 474 g/mol. The molecule has 0 aromatic rings. The van der Waals surface area contributed by atoms with Gasteiger partial charge in [0.05, 0.1) is 30.8 Å². The van der Waals surface area contributed by atoms with Gasteiger partial charge in [-0.2, -0.15) is 0 Å². The molecule has 0 bridgehead atoms. The average Bonchev–Trinajstić information content (AvgIpc) is 3.08. The fourth-order valence-electron chi connectivity index (χ4n) is 6.39. The summed E-state index contributed by atoms with van der Waals surface area (Å²) in [7, 11) is 0. The van der Waals surface area contributed by atoms with Crippen molar-refractivity contribution in [2.75, 3.05) is 19.8 Å². The van der Waals surface area contributed by atoms with Crippen molar-refractivity contribution in [2.24, 2.45) is 17.8 Å². The van der Waals surface area contributed by atoms with Crippen LogP contribution < -0.4 is 0 Å². The molecule has 4 aliphatic rings. The molecule has 0 radical (unpaired) electrons. The van der Waals surface area contributed by atoms with Gasteiger partial charge in [-0.3, -0.25) is 14.4 Å². The normalized spacial score (nSPS) is 37.0. The van der Waals surface area contributed by atoms with Gasteiger partial charge in [0.25, 0.3) is 0 Å². The van der Waals surface area contributed by atoms with Crippen molar-refractivity contribution in [1.29, 1.82) is 0 Å². The predicted molar refractivity (Wildman–Crippen MR) is 125 cm³/mol. The third-order valence-corrected chi connectivity index (χ3v) is 8.04. The van der Waals surface area contributed by atoms with E-state index < -0.39 is 41.1 Å². The van der Waals surface area contributed by atoms with Crippen molar-refractivity contribution in [3.05, 3.63) is 24.3 Å². The molecule has 4 rings (SSSR count). The molecule has 1 spiro atoms. The van der Waals surface area contributed by atoms with E-state index in [9.17, 15) is 19.5 Å². The Morgan fingerprint density at radius 1 is 1.12 bits per heavy atom. The van der Waals surface area contributed by atoms with Gasteiger partial charge in [0.15, 0.2) is 0 Å². The second kappa shape index (κ2) is 9.11.